The lowest BCUT2D eigenvalue weighted by Gasteiger charge is -2.29. The zero-order valence-corrected chi connectivity index (χ0v) is 12.6. The van der Waals surface area contributed by atoms with Gasteiger partial charge in [-0.15, -0.1) is 0 Å². The van der Waals surface area contributed by atoms with E-state index in [2.05, 4.69) is 5.32 Å². The molecule has 0 aromatic carbocycles. The number of hydrogen-bond donors (Lipinski definition) is 1. The van der Waals surface area contributed by atoms with Crippen LogP contribution in [0.5, 0.6) is 0 Å². The quantitative estimate of drug-likeness (QED) is 0.754. The van der Waals surface area contributed by atoms with Crippen LogP contribution < -0.4 is 5.32 Å². The predicted molar refractivity (Wildman–Crippen MR) is 71.0 cm³/mol. The highest BCUT2D eigenvalue weighted by molar-refractivity contribution is 5.88. The molecule has 114 valence electrons. The topological polar surface area (TPSA) is 84.9 Å². The average molecular weight is 286 g/mol. The minimum Gasteiger partial charge on any atom is -0.467 e. The zero-order valence-electron chi connectivity index (χ0n) is 12.6. The second-order valence-corrected chi connectivity index (χ2v) is 5.89. The van der Waals surface area contributed by atoms with E-state index in [4.69, 9.17) is 9.47 Å². The summed E-state index contributed by atoms with van der Waals surface area (Å²) in [5, 5.41) is 2.55. The number of ether oxygens (including phenoxy) is 2. The maximum absolute atomic E-state index is 12.0. The standard InChI is InChI=1S/C13H22N2O5/c1-9(16)15-7-6-13(8-15,10(17)19-5)14-11(18)20-12(2,3)4/h6-8H2,1-5H3,(H,14,18). The van der Waals surface area contributed by atoms with Crippen LogP contribution in [0.15, 0.2) is 0 Å². The number of alkyl carbamates (subject to hydrolysis) is 1. The van der Waals surface area contributed by atoms with Gasteiger partial charge < -0.3 is 19.7 Å². The first-order chi connectivity index (χ1) is 9.09. The Morgan fingerprint density at radius 3 is 2.25 bits per heavy atom. The van der Waals surface area contributed by atoms with Crippen LogP contribution in [-0.4, -0.2) is 54.2 Å². The van der Waals surface area contributed by atoms with E-state index in [1.807, 2.05) is 0 Å². The van der Waals surface area contributed by atoms with E-state index in [0.29, 0.717) is 13.0 Å². The summed E-state index contributed by atoms with van der Waals surface area (Å²) in [6, 6.07) is 0. The molecule has 1 aliphatic rings. The molecule has 0 saturated carbocycles. The Labute approximate surface area is 118 Å². The molecule has 2 amide bonds. The maximum atomic E-state index is 12.0. The van der Waals surface area contributed by atoms with Crippen LogP contribution in [0.25, 0.3) is 0 Å². The molecule has 1 heterocycles. The summed E-state index contributed by atoms with van der Waals surface area (Å²) >= 11 is 0. The summed E-state index contributed by atoms with van der Waals surface area (Å²) in [4.78, 5) is 36.7. The predicted octanol–water partition coefficient (Wildman–Crippen LogP) is 0.675. The lowest BCUT2D eigenvalue weighted by atomic mass is 9.99. The number of likely N-dealkylation sites (tertiary alicyclic amines) is 1. The van der Waals surface area contributed by atoms with Crippen LogP contribution in [0, 0.1) is 0 Å². The average Bonchev–Trinajstić information content (AvgIpc) is 2.70. The van der Waals surface area contributed by atoms with Gasteiger partial charge in [-0.25, -0.2) is 9.59 Å². The second-order valence-electron chi connectivity index (χ2n) is 5.89. The van der Waals surface area contributed by atoms with Crippen LogP contribution >= 0.6 is 0 Å². The van der Waals surface area contributed by atoms with Crippen LogP contribution in [0.4, 0.5) is 4.79 Å². The molecule has 1 aliphatic heterocycles. The molecule has 7 heteroatoms. The van der Waals surface area contributed by atoms with Gasteiger partial charge in [0.15, 0.2) is 5.54 Å². The van der Waals surface area contributed by atoms with Crippen LogP contribution in [0.2, 0.25) is 0 Å². The summed E-state index contributed by atoms with van der Waals surface area (Å²) < 4.78 is 9.90. The van der Waals surface area contributed by atoms with Gasteiger partial charge in [0, 0.05) is 19.9 Å². The molecule has 1 N–H and O–H groups in total. The number of hydrogen-bond acceptors (Lipinski definition) is 5. The van der Waals surface area contributed by atoms with E-state index in [9.17, 15) is 14.4 Å². The molecule has 20 heavy (non-hydrogen) atoms. The molecule has 1 atom stereocenters. The van der Waals surface area contributed by atoms with Gasteiger partial charge in [-0.1, -0.05) is 0 Å². The van der Waals surface area contributed by atoms with E-state index in [1.165, 1.54) is 18.9 Å². The molecule has 0 aliphatic carbocycles. The van der Waals surface area contributed by atoms with E-state index in [0.717, 1.165) is 0 Å². The molecular formula is C13H22N2O5. The molecule has 0 aromatic heterocycles. The van der Waals surface area contributed by atoms with Crippen molar-refractivity contribution < 1.29 is 23.9 Å². The fourth-order valence-corrected chi connectivity index (χ4v) is 2.09. The fraction of sp³-hybridized carbons (Fsp3) is 0.769. The van der Waals surface area contributed by atoms with Crippen molar-refractivity contribution in [2.45, 2.75) is 45.3 Å². The normalized spacial score (nSPS) is 22.4. The molecule has 1 rings (SSSR count). The Morgan fingerprint density at radius 1 is 1.25 bits per heavy atom. The van der Waals surface area contributed by atoms with Crippen LogP contribution in [-0.2, 0) is 19.1 Å². The van der Waals surface area contributed by atoms with Crippen molar-refractivity contribution in [3.05, 3.63) is 0 Å². The number of carbonyl (C=O) groups excluding carboxylic acids is 3. The van der Waals surface area contributed by atoms with Gasteiger partial charge in [-0.3, -0.25) is 4.79 Å². The Balaban J connectivity index is 2.84. The van der Waals surface area contributed by atoms with Gasteiger partial charge >= 0.3 is 12.1 Å². The summed E-state index contributed by atoms with van der Waals surface area (Å²) in [6.07, 6.45) is -0.397. The first kappa shape index (κ1) is 16.3. The molecule has 0 spiro atoms. The van der Waals surface area contributed by atoms with Crippen LogP contribution in [0.3, 0.4) is 0 Å². The lowest BCUT2D eigenvalue weighted by Crippen LogP contribution is -2.57. The SMILES string of the molecule is COC(=O)C1(NC(=O)OC(C)(C)C)CCN(C(C)=O)C1. The molecule has 0 radical (unpaired) electrons. The molecule has 1 fully saturated rings. The van der Waals surface area contributed by atoms with E-state index >= 15 is 0 Å². The van der Waals surface area contributed by atoms with Crippen molar-refractivity contribution >= 4 is 18.0 Å². The number of nitrogens with zero attached hydrogens (tertiary/aromatic N) is 1. The number of methoxy groups -OCH3 is 1. The molecular weight excluding hydrogens is 264 g/mol. The highest BCUT2D eigenvalue weighted by atomic mass is 16.6. The third-order valence-corrected chi connectivity index (χ3v) is 3.03. The number of rotatable bonds is 2. The van der Waals surface area contributed by atoms with E-state index < -0.39 is 23.2 Å². The number of esters is 1. The summed E-state index contributed by atoms with van der Waals surface area (Å²) in [7, 11) is 1.25. The number of carbonyl (C=O) groups is 3. The van der Waals surface area contributed by atoms with Crippen molar-refractivity contribution in [1.29, 1.82) is 0 Å². The van der Waals surface area contributed by atoms with Gasteiger partial charge in [-0.2, -0.15) is 0 Å². The van der Waals surface area contributed by atoms with Gasteiger partial charge in [0.1, 0.15) is 5.60 Å². The lowest BCUT2D eigenvalue weighted by molar-refractivity contribution is -0.148. The highest BCUT2D eigenvalue weighted by Crippen LogP contribution is 2.24. The maximum Gasteiger partial charge on any atom is 0.408 e. The van der Waals surface area contributed by atoms with Gasteiger partial charge in [0.25, 0.3) is 0 Å². The van der Waals surface area contributed by atoms with Crippen LogP contribution in [0.1, 0.15) is 34.1 Å². The van der Waals surface area contributed by atoms with E-state index in [1.54, 1.807) is 20.8 Å². The van der Waals surface area contributed by atoms with Gasteiger partial charge in [0.05, 0.1) is 13.7 Å². The Kier molecular flexibility index (Phi) is 4.62. The Hall–Kier alpha value is -1.79. The highest BCUT2D eigenvalue weighted by Gasteiger charge is 2.48. The Morgan fingerprint density at radius 2 is 1.85 bits per heavy atom. The largest absolute Gasteiger partial charge is 0.467 e. The van der Waals surface area contributed by atoms with E-state index in [-0.39, 0.29) is 12.5 Å². The summed E-state index contributed by atoms with van der Waals surface area (Å²) in [5.41, 5.74) is -1.90. The van der Waals surface area contributed by atoms with Crippen molar-refractivity contribution in [2.75, 3.05) is 20.2 Å². The third-order valence-electron chi connectivity index (χ3n) is 3.03. The van der Waals surface area contributed by atoms with Gasteiger partial charge in [-0.05, 0) is 20.8 Å². The summed E-state index contributed by atoms with van der Waals surface area (Å²) in [6.45, 7) is 7.09. The number of amides is 2. The molecule has 0 bridgehead atoms. The van der Waals surface area contributed by atoms with Crippen molar-refractivity contribution in [3.63, 3.8) is 0 Å². The molecule has 1 unspecified atom stereocenters. The smallest absolute Gasteiger partial charge is 0.408 e. The molecule has 1 saturated heterocycles. The molecule has 7 nitrogen and oxygen atoms in total. The first-order valence-electron chi connectivity index (χ1n) is 6.45. The van der Waals surface area contributed by atoms with Crippen molar-refractivity contribution in [1.82, 2.24) is 10.2 Å². The van der Waals surface area contributed by atoms with Crippen molar-refractivity contribution in [3.8, 4) is 0 Å². The Bertz CT molecular complexity index is 415. The monoisotopic (exact) mass is 286 g/mol. The van der Waals surface area contributed by atoms with Crippen molar-refractivity contribution in [2.24, 2.45) is 0 Å². The first-order valence-corrected chi connectivity index (χ1v) is 6.45. The summed E-state index contributed by atoms with van der Waals surface area (Å²) in [5.74, 6) is -0.728. The zero-order chi connectivity index (χ0) is 15.6. The minimum atomic E-state index is -1.23. The third kappa shape index (κ3) is 3.85. The number of nitrogens with one attached hydrogen (secondary N) is 1. The fourth-order valence-electron chi connectivity index (χ4n) is 2.09. The van der Waals surface area contributed by atoms with Gasteiger partial charge in [0.2, 0.25) is 5.91 Å². The second kappa shape index (κ2) is 5.68. The molecule has 0 aromatic rings. The minimum absolute atomic E-state index is 0.0915.